The molecule has 112 valence electrons. The molecule has 2 rings (SSSR count). The molecule has 0 aromatic carbocycles. The zero-order chi connectivity index (χ0) is 13.6. The van der Waals surface area contributed by atoms with Crippen molar-refractivity contribution in [3.05, 3.63) is 0 Å². The van der Waals surface area contributed by atoms with Gasteiger partial charge < -0.3 is 0 Å². The molecule has 2 saturated carbocycles. The van der Waals surface area contributed by atoms with Gasteiger partial charge >= 0.3 is 0 Å². The van der Waals surface area contributed by atoms with Gasteiger partial charge in [-0.15, -0.1) is 0 Å². The highest BCUT2D eigenvalue weighted by Gasteiger charge is 2.47. The summed E-state index contributed by atoms with van der Waals surface area (Å²) in [6, 6.07) is 0. The summed E-state index contributed by atoms with van der Waals surface area (Å²) in [7, 11) is 0. The Labute approximate surface area is 121 Å². The fourth-order valence-electron chi connectivity index (χ4n) is 4.59. The van der Waals surface area contributed by atoms with Crippen LogP contribution in [0.2, 0.25) is 0 Å². The van der Waals surface area contributed by atoms with Gasteiger partial charge in [0.25, 0.3) is 0 Å². The highest BCUT2D eigenvalue weighted by molar-refractivity contribution is 4.99. The van der Waals surface area contributed by atoms with Crippen molar-refractivity contribution in [3.8, 4) is 0 Å². The van der Waals surface area contributed by atoms with E-state index in [4.69, 9.17) is 0 Å². The van der Waals surface area contributed by atoms with Gasteiger partial charge in [0.05, 0.1) is 0 Å². The van der Waals surface area contributed by atoms with Crippen LogP contribution in [0.1, 0.15) is 104 Å². The average Bonchev–Trinajstić information content (AvgIpc) is 2.32. The SMILES string of the molecule is CCCCCCCCC(CC)CC1CC2(CCC2)C1. The molecule has 0 heterocycles. The number of hydrogen-bond acceptors (Lipinski definition) is 0. The van der Waals surface area contributed by atoms with Crippen LogP contribution in [-0.2, 0) is 0 Å². The molecule has 1 atom stereocenters. The lowest BCUT2D eigenvalue weighted by Gasteiger charge is -2.55. The topological polar surface area (TPSA) is 0 Å². The van der Waals surface area contributed by atoms with E-state index in [1.54, 1.807) is 32.1 Å². The van der Waals surface area contributed by atoms with Crippen LogP contribution in [0.4, 0.5) is 0 Å². The van der Waals surface area contributed by atoms with E-state index in [0.717, 1.165) is 17.3 Å². The third-order valence-electron chi connectivity index (χ3n) is 6.07. The molecule has 19 heavy (non-hydrogen) atoms. The largest absolute Gasteiger partial charge is 0.0654 e. The average molecular weight is 264 g/mol. The Balaban J connectivity index is 1.49. The molecule has 1 spiro atoms. The monoisotopic (exact) mass is 264 g/mol. The molecule has 0 heteroatoms. The molecular formula is C19H36. The van der Waals surface area contributed by atoms with Gasteiger partial charge in [0, 0.05) is 0 Å². The van der Waals surface area contributed by atoms with Crippen LogP contribution < -0.4 is 0 Å². The van der Waals surface area contributed by atoms with E-state index < -0.39 is 0 Å². The summed E-state index contributed by atoms with van der Waals surface area (Å²) in [5.74, 6) is 2.17. The molecule has 2 aliphatic rings. The first-order valence-electron chi connectivity index (χ1n) is 9.28. The van der Waals surface area contributed by atoms with E-state index in [1.807, 2.05) is 0 Å². The fraction of sp³-hybridized carbons (Fsp3) is 1.00. The summed E-state index contributed by atoms with van der Waals surface area (Å²) in [6.07, 6.45) is 21.1. The Kier molecular flexibility index (Phi) is 6.23. The van der Waals surface area contributed by atoms with E-state index in [0.29, 0.717) is 0 Å². The van der Waals surface area contributed by atoms with Gasteiger partial charge in [-0.2, -0.15) is 0 Å². The maximum Gasteiger partial charge on any atom is -0.0292 e. The lowest BCUT2D eigenvalue weighted by molar-refractivity contribution is -0.0346. The van der Waals surface area contributed by atoms with Gasteiger partial charge in [-0.1, -0.05) is 71.6 Å². The Hall–Kier alpha value is 0. The lowest BCUT2D eigenvalue weighted by Crippen LogP contribution is -2.43. The summed E-state index contributed by atoms with van der Waals surface area (Å²) in [5, 5.41) is 0. The molecule has 0 aromatic rings. The second kappa shape index (κ2) is 7.70. The van der Waals surface area contributed by atoms with E-state index in [2.05, 4.69) is 13.8 Å². The fourth-order valence-corrected chi connectivity index (χ4v) is 4.59. The third-order valence-corrected chi connectivity index (χ3v) is 6.07. The van der Waals surface area contributed by atoms with Crippen molar-refractivity contribution in [2.45, 2.75) is 104 Å². The molecule has 0 nitrogen and oxygen atoms in total. The first-order chi connectivity index (χ1) is 9.28. The van der Waals surface area contributed by atoms with Crippen LogP contribution in [0.25, 0.3) is 0 Å². The maximum absolute atomic E-state index is 2.42. The molecule has 0 bridgehead atoms. The summed E-state index contributed by atoms with van der Waals surface area (Å²) < 4.78 is 0. The molecule has 2 aliphatic carbocycles. The molecule has 0 amide bonds. The zero-order valence-corrected chi connectivity index (χ0v) is 13.6. The molecule has 1 unspecified atom stereocenters. The first kappa shape index (κ1) is 15.4. The summed E-state index contributed by atoms with van der Waals surface area (Å²) in [4.78, 5) is 0. The number of rotatable bonds is 10. The molecule has 0 aromatic heterocycles. The first-order valence-corrected chi connectivity index (χ1v) is 9.28. The molecule has 0 aliphatic heterocycles. The van der Waals surface area contributed by atoms with Crippen LogP contribution in [0.15, 0.2) is 0 Å². The molecular weight excluding hydrogens is 228 g/mol. The van der Waals surface area contributed by atoms with Gasteiger partial charge in [-0.3, -0.25) is 0 Å². The van der Waals surface area contributed by atoms with E-state index in [1.165, 1.54) is 57.8 Å². The second-order valence-corrected chi connectivity index (χ2v) is 7.69. The second-order valence-electron chi connectivity index (χ2n) is 7.69. The van der Waals surface area contributed by atoms with Crippen molar-refractivity contribution in [2.75, 3.05) is 0 Å². The van der Waals surface area contributed by atoms with Gasteiger partial charge in [-0.05, 0) is 49.4 Å². The van der Waals surface area contributed by atoms with Crippen molar-refractivity contribution in [1.29, 1.82) is 0 Å². The molecule has 0 N–H and O–H groups in total. The van der Waals surface area contributed by atoms with Crippen LogP contribution in [0.3, 0.4) is 0 Å². The van der Waals surface area contributed by atoms with Crippen molar-refractivity contribution >= 4 is 0 Å². The quantitative estimate of drug-likeness (QED) is 0.383. The highest BCUT2D eigenvalue weighted by Crippen LogP contribution is 2.60. The summed E-state index contributed by atoms with van der Waals surface area (Å²) in [6.45, 7) is 4.72. The van der Waals surface area contributed by atoms with Crippen LogP contribution >= 0.6 is 0 Å². The van der Waals surface area contributed by atoms with Crippen LogP contribution in [0, 0.1) is 17.3 Å². The Bertz CT molecular complexity index is 230. The van der Waals surface area contributed by atoms with E-state index in [-0.39, 0.29) is 0 Å². The van der Waals surface area contributed by atoms with E-state index >= 15 is 0 Å². The van der Waals surface area contributed by atoms with Gasteiger partial charge in [-0.25, -0.2) is 0 Å². The number of unbranched alkanes of at least 4 members (excludes halogenated alkanes) is 5. The normalized spacial score (nSPS) is 23.1. The predicted octanol–water partition coefficient (Wildman–Crippen LogP) is 6.73. The minimum Gasteiger partial charge on any atom is -0.0654 e. The maximum atomic E-state index is 2.42. The third kappa shape index (κ3) is 4.50. The Morgan fingerprint density at radius 2 is 1.63 bits per heavy atom. The Morgan fingerprint density at radius 3 is 2.21 bits per heavy atom. The van der Waals surface area contributed by atoms with E-state index in [9.17, 15) is 0 Å². The highest BCUT2D eigenvalue weighted by atomic mass is 14.5. The van der Waals surface area contributed by atoms with Crippen molar-refractivity contribution in [3.63, 3.8) is 0 Å². The van der Waals surface area contributed by atoms with Crippen LogP contribution in [-0.4, -0.2) is 0 Å². The number of hydrogen-bond donors (Lipinski definition) is 0. The minimum atomic E-state index is 0.892. The van der Waals surface area contributed by atoms with Gasteiger partial charge in [0.1, 0.15) is 0 Å². The Morgan fingerprint density at radius 1 is 0.947 bits per heavy atom. The summed E-state index contributed by atoms with van der Waals surface area (Å²) in [5.41, 5.74) is 0.892. The smallest absolute Gasteiger partial charge is 0.0292 e. The minimum absolute atomic E-state index is 0.892. The van der Waals surface area contributed by atoms with Crippen molar-refractivity contribution in [1.82, 2.24) is 0 Å². The molecule has 0 saturated heterocycles. The van der Waals surface area contributed by atoms with Crippen molar-refractivity contribution in [2.24, 2.45) is 17.3 Å². The lowest BCUT2D eigenvalue weighted by atomic mass is 9.50. The standard InChI is InChI=1S/C19H36/c1-3-5-6-7-8-9-11-17(4-2)14-18-15-19(16-18)12-10-13-19/h17-18H,3-16H2,1-2H3. The zero-order valence-electron chi connectivity index (χ0n) is 13.6. The molecule has 0 radical (unpaired) electrons. The van der Waals surface area contributed by atoms with Gasteiger partial charge in [0.2, 0.25) is 0 Å². The van der Waals surface area contributed by atoms with Crippen LogP contribution in [0.5, 0.6) is 0 Å². The summed E-state index contributed by atoms with van der Waals surface area (Å²) >= 11 is 0. The predicted molar refractivity (Wildman–Crippen MR) is 85.4 cm³/mol. The van der Waals surface area contributed by atoms with Gasteiger partial charge in [0.15, 0.2) is 0 Å². The van der Waals surface area contributed by atoms with Crippen molar-refractivity contribution < 1.29 is 0 Å². The molecule has 2 fully saturated rings.